The van der Waals surface area contributed by atoms with E-state index >= 15 is 0 Å². The second-order valence-electron chi connectivity index (χ2n) is 4.11. The molecule has 7 heteroatoms. The SMILES string of the molecule is CCS(=O)(=O)CC(=O)N1CCCCC1C(=O)O. The molecule has 1 aliphatic heterocycles. The Morgan fingerprint density at radius 2 is 2.00 bits per heavy atom. The highest BCUT2D eigenvalue weighted by Crippen LogP contribution is 2.17. The van der Waals surface area contributed by atoms with E-state index in [1.165, 1.54) is 11.8 Å². The lowest BCUT2D eigenvalue weighted by atomic mass is 10.0. The van der Waals surface area contributed by atoms with Crippen molar-refractivity contribution in [3.05, 3.63) is 0 Å². The van der Waals surface area contributed by atoms with E-state index in [4.69, 9.17) is 5.11 Å². The first-order valence-corrected chi connectivity index (χ1v) is 7.42. The van der Waals surface area contributed by atoms with Crippen LogP contribution in [0.1, 0.15) is 26.2 Å². The molecule has 1 N–H and O–H groups in total. The molecule has 1 saturated heterocycles. The molecule has 17 heavy (non-hydrogen) atoms. The predicted octanol–water partition coefficient (Wildman–Crippen LogP) is -0.113. The van der Waals surface area contributed by atoms with Crippen LogP contribution in [0.3, 0.4) is 0 Å². The lowest BCUT2D eigenvalue weighted by Gasteiger charge is -2.32. The van der Waals surface area contributed by atoms with Crippen LogP contribution in [0.4, 0.5) is 0 Å². The van der Waals surface area contributed by atoms with Crippen molar-refractivity contribution in [2.75, 3.05) is 18.1 Å². The molecule has 1 aliphatic rings. The number of piperidine rings is 1. The van der Waals surface area contributed by atoms with Crippen LogP contribution in [-0.2, 0) is 19.4 Å². The number of carbonyl (C=O) groups is 2. The van der Waals surface area contributed by atoms with Crippen molar-refractivity contribution in [1.82, 2.24) is 4.90 Å². The third kappa shape index (κ3) is 3.69. The first kappa shape index (κ1) is 14.0. The van der Waals surface area contributed by atoms with Crippen molar-refractivity contribution in [2.24, 2.45) is 0 Å². The topological polar surface area (TPSA) is 91.8 Å². The van der Waals surface area contributed by atoms with Crippen LogP contribution in [0.2, 0.25) is 0 Å². The van der Waals surface area contributed by atoms with Crippen molar-refractivity contribution in [3.63, 3.8) is 0 Å². The minimum atomic E-state index is -3.40. The van der Waals surface area contributed by atoms with Gasteiger partial charge in [0.05, 0.1) is 0 Å². The second-order valence-corrected chi connectivity index (χ2v) is 6.47. The number of carboxylic acid groups (broad SMARTS) is 1. The van der Waals surface area contributed by atoms with Crippen LogP contribution in [0, 0.1) is 0 Å². The first-order chi connectivity index (χ1) is 7.87. The van der Waals surface area contributed by atoms with Gasteiger partial charge in [-0.1, -0.05) is 6.92 Å². The molecule has 0 spiro atoms. The Morgan fingerprint density at radius 1 is 1.35 bits per heavy atom. The van der Waals surface area contributed by atoms with Crippen LogP contribution in [-0.4, -0.2) is 54.4 Å². The summed E-state index contributed by atoms with van der Waals surface area (Å²) in [5.41, 5.74) is 0. The summed E-state index contributed by atoms with van der Waals surface area (Å²) in [7, 11) is -3.40. The molecule has 1 heterocycles. The highest BCUT2D eigenvalue weighted by molar-refractivity contribution is 7.92. The number of carbonyl (C=O) groups excluding carboxylic acids is 1. The summed E-state index contributed by atoms with van der Waals surface area (Å²) in [6, 6.07) is -0.872. The quantitative estimate of drug-likeness (QED) is 0.764. The number of likely N-dealkylation sites (tertiary alicyclic amines) is 1. The van der Waals surface area contributed by atoms with Gasteiger partial charge in [0.15, 0.2) is 9.84 Å². The third-order valence-electron chi connectivity index (χ3n) is 2.89. The average molecular weight is 263 g/mol. The van der Waals surface area contributed by atoms with Crippen molar-refractivity contribution in [2.45, 2.75) is 32.2 Å². The molecule has 0 saturated carbocycles. The Morgan fingerprint density at radius 3 is 2.53 bits per heavy atom. The van der Waals surface area contributed by atoms with Gasteiger partial charge in [-0.05, 0) is 19.3 Å². The summed E-state index contributed by atoms with van der Waals surface area (Å²) in [5, 5.41) is 8.97. The zero-order chi connectivity index (χ0) is 13.1. The highest BCUT2D eigenvalue weighted by atomic mass is 32.2. The fourth-order valence-electron chi connectivity index (χ4n) is 1.86. The molecule has 0 aromatic heterocycles. The van der Waals surface area contributed by atoms with Gasteiger partial charge < -0.3 is 10.0 Å². The number of sulfone groups is 1. The van der Waals surface area contributed by atoms with Crippen LogP contribution in [0.25, 0.3) is 0 Å². The molecule has 1 amide bonds. The number of hydrogen-bond donors (Lipinski definition) is 1. The first-order valence-electron chi connectivity index (χ1n) is 5.60. The fourth-order valence-corrected chi connectivity index (χ4v) is 2.61. The molecule has 0 bridgehead atoms. The highest BCUT2D eigenvalue weighted by Gasteiger charge is 2.33. The van der Waals surface area contributed by atoms with Gasteiger partial charge in [0.25, 0.3) is 0 Å². The lowest BCUT2D eigenvalue weighted by Crippen LogP contribution is -2.49. The zero-order valence-corrected chi connectivity index (χ0v) is 10.6. The van der Waals surface area contributed by atoms with Crippen molar-refractivity contribution >= 4 is 21.7 Å². The number of amides is 1. The monoisotopic (exact) mass is 263 g/mol. The van der Waals surface area contributed by atoms with Crippen molar-refractivity contribution < 1.29 is 23.1 Å². The van der Waals surface area contributed by atoms with E-state index in [1.54, 1.807) is 0 Å². The largest absolute Gasteiger partial charge is 0.480 e. The Bertz CT molecular complexity index is 403. The minimum Gasteiger partial charge on any atom is -0.480 e. The molecule has 0 aromatic rings. The van der Waals surface area contributed by atoms with Gasteiger partial charge in [0, 0.05) is 12.3 Å². The summed E-state index contributed by atoms with van der Waals surface area (Å²) in [4.78, 5) is 23.9. The number of rotatable bonds is 4. The van der Waals surface area contributed by atoms with Gasteiger partial charge in [0.2, 0.25) is 5.91 Å². The van der Waals surface area contributed by atoms with Crippen molar-refractivity contribution in [3.8, 4) is 0 Å². The molecular weight excluding hydrogens is 246 g/mol. The van der Waals surface area contributed by atoms with Crippen LogP contribution in [0.5, 0.6) is 0 Å². The third-order valence-corrected chi connectivity index (χ3v) is 4.46. The fraction of sp³-hybridized carbons (Fsp3) is 0.800. The Kier molecular flexibility index (Phi) is 4.50. The van der Waals surface area contributed by atoms with E-state index < -0.39 is 33.5 Å². The lowest BCUT2D eigenvalue weighted by molar-refractivity contribution is -0.151. The van der Waals surface area contributed by atoms with Crippen molar-refractivity contribution in [1.29, 1.82) is 0 Å². The normalized spacial score (nSPS) is 21.2. The average Bonchev–Trinajstić information content (AvgIpc) is 2.28. The zero-order valence-electron chi connectivity index (χ0n) is 9.76. The summed E-state index contributed by atoms with van der Waals surface area (Å²) in [6.07, 6.45) is 1.87. The summed E-state index contributed by atoms with van der Waals surface area (Å²) >= 11 is 0. The van der Waals surface area contributed by atoms with Gasteiger partial charge in [-0.2, -0.15) is 0 Å². The molecule has 1 unspecified atom stereocenters. The Hall–Kier alpha value is -1.11. The van der Waals surface area contributed by atoms with Gasteiger partial charge in [0.1, 0.15) is 11.8 Å². The molecule has 0 aliphatic carbocycles. The Labute approximate surface area is 101 Å². The van der Waals surface area contributed by atoms with Gasteiger partial charge in [-0.15, -0.1) is 0 Å². The van der Waals surface area contributed by atoms with Gasteiger partial charge in [-0.25, -0.2) is 13.2 Å². The number of nitrogens with zero attached hydrogens (tertiary/aromatic N) is 1. The number of carboxylic acids is 1. The molecule has 6 nitrogen and oxygen atoms in total. The minimum absolute atomic E-state index is 0.107. The number of aliphatic carboxylic acids is 1. The maximum atomic E-state index is 11.8. The standard InChI is InChI=1S/C10H17NO5S/c1-2-17(15,16)7-9(12)11-6-4-3-5-8(11)10(13)14/h8H,2-7H2,1H3,(H,13,14). The van der Waals surface area contributed by atoms with Gasteiger partial charge in [-0.3, -0.25) is 4.79 Å². The summed E-state index contributed by atoms with van der Waals surface area (Å²) in [5.74, 6) is -2.36. The summed E-state index contributed by atoms with van der Waals surface area (Å²) < 4.78 is 22.7. The van der Waals surface area contributed by atoms with E-state index in [0.717, 1.165) is 12.8 Å². The van der Waals surface area contributed by atoms with E-state index in [2.05, 4.69) is 0 Å². The predicted molar refractivity (Wildman–Crippen MR) is 61.3 cm³/mol. The molecule has 1 rings (SSSR count). The van der Waals surface area contributed by atoms with Crippen LogP contribution >= 0.6 is 0 Å². The molecule has 98 valence electrons. The molecule has 0 aromatic carbocycles. The Balaban J connectivity index is 2.75. The molecule has 0 radical (unpaired) electrons. The van der Waals surface area contributed by atoms with Crippen LogP contribution < -0.4 is 0 Å². The van der Waals surface area contributed by atoms with E-state index in [1.807, 2.05) is 0 Å². The van der Waals surface area contributed by atoms with E-state index in [-0.39, 0.29) is 5.75 Å². The second kappa shape index (κ2) is 5.48. The number of hydrogen-bond acceptors (Lipinski definition) is 4. The van der Waals surface area contributed by atoms with E-state index in [9.17, 15) is 18.0 Å². The molecule has 1 fully saturated rings. The maximum absolute atomic E-state index is 11.8. The molecule has 1 atom stereocenters. The smallest absolute Gasteiger partial charge is 0.326 e. The summed E-state index contributed by atoms with van der Waals surface area (Å²) in [6.45, 7) is 1.79. The maximum Gasteiger partial charge on any atom is 0.326 e. The van der Waals surface area contributed by atoms with Gasteiger partial charge >= 0.3 is 5.97 Å². The van der Waals surface area contributed by atoms with Crippen LogP contribution in [0.15, 0.2) is 0 Å². The van der Waals surface area contributed by atoms with E-state index in [0.29, 0.717) is 13.0 Å². The molecular formula is C10H17NO5S.